The second-order valence-electron chi connectivity index (χ2n) is 2.64. The zero-order valence-electron chi connectivity index (χ0n) is 7.35. The second-order valence-corrected chi connectivity index (χ2v) is 2.64. The number of hydrogen-bond acceptors (Lipinski definition) is 3. The molecule has 70 valence electrons. The molecule has 0 aromatic carbocycles. The second kappa shape index (κ2) is 3.30. The fourth-order valence-electron chi connectivity index (χ4n) is 0.866. The van der Waals surface area contributed by atoms with Gasteiger partial charge in [-0.3, -0.25) is 4.68 Å². The molecular weight excluding hydrogens is 172 g/mol. The van der Waals surface area contributed by atoms with E-state index in [9.17, 15) is 4.79 Å². The van der Waals surface area contributed by atoms with E-state index in [0.717, 1.165) is 5.69 Å². The van der Waals surface area contributed by atoms with Crippen LogP contribution < -0.4 is 0 Å². The summed E-state index contributed by atoms with van der Waals surface area (Å²) in [5.41, 5.74) is 1.40. The Bertz CT molecular complexity index is 365. The van der Waals surface area contributed by atoms with Crippen molar-refractivity contribution in [3.63, 3.8) is 0 Å². The lowest BCUT2D eigenvalue weighted by molar-refractivity contribution is -0.135. The molecule has 1 aromatic rings. The van der Waals surface area contributed by atoms with Crippen LogP contribution in [0.4, 0.5) is 0 Å². The summed E-state index contributed by atoms with van der Waals surface area (Å²) < 4.78 is 1.60. The Balaban J connectivity index is 3.04. The van der Waals surface area contributed by atoms with Gasteiger partial charge in [-0.2, -0.15) is 5.10 Å². The van der Waals surface area contributed by atoms with Gasteiger partial charge >= 0.3 is 5.97 Å². The fourth-order valence-corrected chi connectivity index (χ4v) is 0.866. The highest BCUT2D eigenvalue weighted by Crippen LogP contribution is 2.09. The molecule has 1 heterocycles. The molecule has 2 N–H and O–H groups in total. The van der Waals surface area contributed by atoms with Gasteiger partial charge in [0.1, 0.15) is 0 Å². The van der Waals surface area contributed by atoms with Crippen LogP contribution in [0.5, 0.6) is 0 Å². The van der Waals surface area contributed by atoms with E-state index in [2.05, 4.69) is 5.10 Å². The van der Waals surface area contributed by atoms with Gasteiger partial charge in [0.2, 0.25) is 5.76 Å². The third-order valence-electron chi connectivity index (χ3n) is 1.78. The van der Waals surface area contributed by atoms with Crippen molar-refractivity contribution in [1.82, 2.24) is 9.78 Å². The quantitative estimate of drug-likeness (QED) is 0.521. The van der Waals surface area contributed by atoms with Crippen molar-refractivity contribution in [2.75, 3.05) is 0 Å². The average molecular weight is 182 g/mol. The van der Waals surface area contributed by atoms with Crippen LogP contribution in [-0.4, -0.2) is 26.0 Å². The normalized spacial score (nSPS) is 11.7. The first-order chi connectivity index (χ1) is 6.02. The van der Waals surface area contributed by atoms with Crippen LogP contribution in [0.25, 0.3) is 6.08 Å². The number of aromatic nitrogens is 2. The number of carbonyl (C=O) groups is 1. The molecule has 1 aromatic heterocycles. The molecule has 1 rings (SSSR count). The van der Waals surface area contributed by atoms with Gasteiger partial charge in [-0.1, -0.05) is 0 Å². The minimum absolute atomic E-state index is 0.599. The zero-order valence-corrected chi connectivity index (χ0v) is 7.35. The van der Waals surface area contributed by atoms with Crippen LogP contribution in [0.3, 0.4) is 0 Å². The van der Waals surface area contributed by atoms with Crippen molar-refractivity contribution < 1.29 is 15.0 Å². The summed E-state index contributed by atoms with van der Waals surface area (Å²) in [4.78, 5) is 10.3. The van der Waals surface area contributed by atoms with E-state index in [0.29, 0.717) is 5.56 Å². The van der Waals surface area contributed by atoms with Gasteiger partial charge in [0.25, 0.3) is 0 Å². The average Bonchev–Trinajstić information content (AvgIpc) is 2.36. The van der Waals surface area contributed by atoms with Gasteiger partial charge < -0.3 is 10.2 Å². The summed E-state index contributed by atoms with van der Waals surface area (Å²) in [6, 6.07) is 0. The van der Waals surface area contributed by atoms with Crippen molar-refractivity contribution >= 4 is 12.0 Å². The maximum absolute atomic E-state index is 10.3. The largest absolute Gasteiger partial charge is 0.502 e. The van der Waals surface area contributed by atoms with Crippen LogP contribution in [0, 0.1) is 6.92 Å². The fraction of sp³-hybridized carbons (Fsp3) is 0.250. The summed E-state index contributed by atoms with van der Waals surface area (Å²) in [6.45, 7) is 1.79. The van der Waals surface area contributed by atoms with Gasteiger partial charge in [0, 0.05) is 18.3 Å². The molecule has 0 saturated carbocycles. The molecule has 0 saturated heterocycles. The molecule has 5 nitrogen and oxygen atoms in total. The number of aryl methyl sites for hydroxylation is 1. The zero-order chi connectivity index (χ0) is 10.0. The van der Waals surface area contributed by atoms with Crippen molar-refractivity contribution in [3.8, 4) is 0 Å². The van der Waals surface area contributed by atoms with E-state index in [-0.39, 0.29) is 0 Å². The third-order valence-corrected chi connectivity index (χ3v) is 1.78. The Morgan fingerprint density at radius 1 is 1.62 bits per heavy atom. The monoisotopic (exact) mass is 182 g/mol. The molecule has 0 aliphatic rings. The van der Waals surface area contributed by atoms with Crippen molar-refractivity contribution in [2.24, 2.45) is 7.05 Å². The third kappa shape index (κ3) is 1.87. The molecule has 0 unspecified atom stereocenters. The highest BCUT2D eigenvalue weighted by atomic mass is 16.4. The Morgan fingerprint density at radius 3 is 2.62 bits per heavy atom. The first-order valence-corrected chi connectivity index (χ1v) is 3.65. The molecule has 0 aliphatic heterocycles. The standard InChI is InChI=1S/C8H10N2O3/c1-5-6(4-9-10(5)2)3-7(11)8(12)13/h3-4,11H,1-2H3,(H,12,13). The smallest absolute Gasteiger partial charge is 0.370 e. The molecule has 0 fully saturated rings. The molecule has 0 spiro atoms. The molecule has 13 heavy (non-hydrogen) atoms. The molecular formula is C8H10N2O3. The lowest BCUT2D eigenvalue weighted by Gasteiger charge is -1.94. The minimum atomic E-state index is -1.34. The first kappa shape index (κ1) is 9.31. The number of aliphatic hydroxyl groups is 1. The molecule has 0 aliphatic carbocycles. The molecule has 5 heteroatoms. The van der Waals surface area contributed by atoms with Crippen LogP contribution in [0.2, 0.25) is 0 Å². The van der Waals surface area contributed by atoms with E-state index >= 15 is 0 Å². The van der Waals surface area contributed by atoms with Crippen molar-refractivity contribution in [2.45, 2.75) is 6.92 Å². The number of rotatable bonds is 2. The van der Waals surface area contributed by atoms with Gasteiger partial charge in [-0.25, -0.2) is 4.79 Å². The van der Waals surface area contributed by atoms with Gasteiger partial charge in [0.05, 0.1) is 6.20 Å². The Morgan fingerprint density at radius 2 is 2.23 bits per heavy atom. The predicted octanol–water partition coefficient (Wildman–Crippen LogP) is 0.712. The van der Waals surface area contributed by atoms with Crippen LogP contribution in [0.15, 0.2) is 12.0 Å². The SMILES string of the molecule is Cc1c(C=C(O)C(=O)O)cnn1C. The lowest BCUT2D eigenvalue weighted by atomic mass is 10.2. The maximum Gasteiger partial charge on any atom is 0.370 e. The number of aliphatic carboxylic acids is 1. The number of carboxylic acid groups (broad SMARTS) is 1. The number of carboxylic acids is 1. The first-order valence-electron chi connectivity index (χ1n) is 3.65. The van der Waals surface area contributed by atoms with Crippen LogP contribution in [-0.2, 0) is 11.8 Å². The number of nitrogens with zero attached hydrogens (tertiary/aromatic N) is 2. The van der Waals surface area contributed by atoms with Gasteiger partial charge in [0.15, 0.2) is 0 Å². The lowest BCUT2D eigenvalue weighted by Crippen LogP contribution is -1.99. The van der Waals surface area contributed by atoms with Crippen LogP contribution in [0.1, 0.15) is 11.3 Å². The topological polar surface area (TPSA) is 75.3 Å². The van der Waals surface area contributed by atoms with Crippen molar-refractivity contribution in [3.05, 3.63) is 23.2 Å². The van der Waals surface area contributed by atoms with Crippen molar-refractivity contribution in [1.29, 1.82) is 0 Å². The van der Waals surface area contributed by atoms with E-state index in [4.69, 9.17) is 10.2 Å². The summed E-state index contributed by atoms with van der Waals surface area (Å²) >= 11 is 0. The molecule has 0 radical (unpaired) electrons. The summed E-state index contributed by atoms with van der Waals surface area (Å²) in [7, 11) is 1.74. The minimum Gasteiger partial charge on any atom is -0.502 e. The Hall–Kier alpha value is -1.78. The van der Waals surface area contributed by atoms with E-state index in [1.165, 1.54) is 12.3 Å². The molecule has 0 bridgehead atoms. The maximum atomic E-state index is 10.3. The van der Waals surface area contributed by atoms with Gasteiger partial charge in [-0.15, -0.1) is 0 Å². The number of aliphatic hydroxyl groups excluding tert-OH is 1. The van der Waals surface area contributed by atoms with Gasteiger partial charge in [-0.05, 0) is 13.0 Å². The van der Waals surface area contributed by atoms with Crippen LogP contribution >= 0.6 is 0 Å². The molecule has 0 atom stereocenters. The summed E-state index contributed by atoms with van der Waals surface area (Å²) in [5.74, 6) is -2.03. The summed E-state index contributed by atoms with van der Waals surface area (Å²) in [5, 5.41) is 21.2. The highest BCUT2D eigenvalue weighted by molar-refractivity contribution is 5.89. The van der Waals surface area contributed by atoms with E-state index < -0.39 is 11.7 Å². The number of hydrogen-bond donors (Lipinski definition) is 2. The Kier molecular flexibility index (Phi) is 2.36. The molecule has 0 amide bonds. The van der Waals surface area contributed by atoms with E-state index in [1.54, 1.807) is 18.7 Å². The summed E-state index contributed by atoms with van der Waals surface area (Å²) in [6.07, 6.45) is 2.67. The predicted molar refractivity (Wildman–Crippen MR) is 46.2 cm³/mol. The highest BCUT2D eigenvalue weighted by Gasteiger charge is 2.06. The van der Waals surface area contributed by atoms with E-state index in [1.807, 2.05) is 0 Å². The Labute approximate surface area is 74.9 Å².